The molecule has 0 aliphatic carbocycles. The van der Waals surface area contributed by atoms with Crippen molar-refractivity contribution in [2.24, 2.45) is 0 Å². The van der Waals surface area contributed by atoms with Crippen molar-refractivity contribution in [3.8, 4) is 17.2 Å². The minimum Gasteiger partial charge on any atom is -0.494 e. The summed E-state index contributed by atoms with van der Waals surface area (Å²) in [4.78, 5) is 12.3. The number of benzene rings is 2. The molecule has 0 spiro atoms. The van der Waals surface area contributed by atoms with Crippen LogP contribution in [0.2, 0.25) is 0 Å². The van der Waals surface area contributed by atoms with E-state index >= 15 is 0 Å². The van der Waals surface area contributed by atoms with Gasteiger partial charge < -0.3 is 13.9 Å². The average molecular weight is 366 g/mol. The van der Waals surface area contributed by atoms with Crippen LogP contribution in [0.5, 0.6) is 5.75 Å². The van der Waals surface area contributed by atoms with Gasteiger partial charge in [0.25, 0.3) is 5.89 Å². The van der Waals surface area contributed by atoms with Crippen molar-refractivity contribution in [1.82, 2.24) is 10.2 Å². The SMILES string of the molecule is CCCOc1ccc(C(=O)O[C@H](C)c2nnc(-c3ccc(C)cc3)o2)cc1. The molecule has 0 N–H and O–H groups in total. The monoisotopic (exact) mass is 366 g/mol. The van der Waals surface area contributed by atoms with Crippen LogP contribution in [0.1, 0.15) is 48.2 Å². The summed E-state index contributed by atoms with van der Waals surface area (Å²) in [6.07, 6.45) is 0.274. The van der Waals surface area contributed by atoms with Crippen LogP contribution >= 0.6 is 0 Å². The molecular weight excluding hydrogens is 344 g/mol. The molecule has 0 saturated heterocycles. The van der Waals surface area contributed by atoms with Gasteiger partial charge in [0.1, 0.15) is 5.75 Å². The second kappa shape index (κ2) is 8.49. The van der Waals surface area contributed by atoms with E-state index in [-0.39, 0.29) is 5.89 Å². The first-order valence-electron chi connectivity index (χ1n) is 8.91. The van der Waals surface area contributed by atoms with E-state index in [1.54, 1.807) is 31.2 Å². The zero-order chi connectivity index (χ0) is 19.2. The third kappa shape index (κ3) is 4.73. The largest absolute Gasteiger partial charge is 0.494 e. The number of aromatic nitrogens is 2. The fourth-order valence-corrected chi connectivity index (χ4v) is 2.40. The first-order chi connectivity index (χ1) is 13.1. The number of carbonyl (C=O) groups excluding carboxylic acids is 1. The average Bonchev–Trinajstić information content (AvgIpc) is 3.17. The number of rotatable bonds is 7. The van der Waals surface area contributed by atoms with Crippen molar-refractivity contribution >= 4 is 5.97 Å². The number of nitrogens with zero attached hydrogens (tertiary/aromatic N) is 2. The minimum absolute atomic E-state index is 0.252. The highest BCUT2D eigenvalue weighted by atomic mass is 16.6. The summed E-state index contributed by atoms with van der Waals surface area (Å²) < 4.78 is 16.6. The summed E-state index contributed by atoms with van der Waals surface area (Å²) in [5.74, 6) is 0.910. The molecule has 0 saturated carbocycles. The van der Waals surface area contributed by atoms with Crippen LogP contribution in [-0.2, 0) is 4.74 Å². The Morgan fingerprint density at radius 3 is 2.44 bits per heavy atom. The molecule has 1 aromatic heterocycles. The van der Waals surface area contributed by atoms with E-state index in [0.29, 0.717) is 18.1 Å². The van der Waals surface area contributed by atoms with E-state index in [9.17, 15) is 4.79 Å². The van der Waals surface area contributed by atoms with E-state index < -0.39 is 12.1 Å². The molecule has 0 bridgehead atoms. The van der Waals surface area contributed by atoms with Gasteiger partial charge in [0.15, 0.2) is 6.10 Å². The minimum atomic E-state index is -0.653. The fraction of sp³-hybridized carbons (Fsp3) is 0.286. The van der Waals surface area contributed by atoms with E-state index in [4.69, 9.17) is 13.9 Å². The molecule has 0 radical (unpaired) electrons. The van der Waals surface area contributed by atoms with Gasteiger partial charge in [-0.15, -0.1) is 10.2 Å². The Hall–Kier alpha value is -3.15. The molecule has 3 rings (SSSR count). The van der Waals surface area contributed by atoms with Gasteiger partial charge in [0.05, 0.1) is 12.2 Å². The normalized spacial score (nSPS) is 11.8. The lowest BCUT2D eigenvalue weighted by atomic mass is 10.1. The number of aryl methyl sites for hydroxylation is 1. The fourth-order valence-electron chi connectivity index (χ4n) is 2.40. The summed E-state index contributed by atoms with van der Waals surface area (Å²) in [5.41, 5.74) is 2.40. The van der Waals surface area contributed by atoms with Crippen molar-refractivity contribution in [2.45, 2.75) is 33.3 Å². The Bertz CT molecular complexity index is 885. The van der Waals surface area contributed by atoms with Crippen molar-refractivity contribution in [2.75, 3.05) is 6.61 Å². The van der Waals surface area contributed by atoms with Crippen LogP contribution in [-0.4, -0.2) is 22.8 Å². The third-order valence-electron chi connectivity index (χ3n) is 3.93. The molecule has 2 aromatic carbocycles. The number of esters is 1. The van der Waals surface area contributed by atoms with Crippen LogP contribution < -0.4 is 4.74 Å². The molecular formula is C21H22N2O4. The Morgan fingerprint density at radius 1 is 1.07 bits per heavy atom. The smallest absolute Gasteiger partial charge is 0.338 e. The highest BCUT2D eigenvalue weighted by Crippen LogP contribution is 2.23. The van der Waals surface area contributed by atoms with Crippen LogP contribution in [0.25, 0.3) is 11.5 Å². The molecule has 0 fully saturated rings. The Balaban J connectivity index is 1.63. The maximum Gasteiger partial charge on any atom is 0.338 e. The van der Waals surface area contributed by atoms with E-state index in [2.05, 4.69) is 10.2 Å². The zero-order valence-corrected chi connectivity index (χ0v) is 15.6. The molecule has 1 atom stereocenters. The van der Waals surface area contributed by atoms with Gasteiger partial charge in [-0.05, 0) is 56.7 Å². The highest BCUT2D eigenvalue weighted by Gasteiger charge is 2.20. The molecule has 27 heavy (non-hydrogen) atoms. The lowest BCUT2D eigenvalue weighted by molar-refractivity contribution is 0.0280. The Kier molecular flexibility index (Phi) is 5.86. The summed E-state index contributed by atoms with van der Waals surface area (Å²) in [5, 5.41) is 8.03. The van der Waals surface area contributed by atoms with Crippen molar-refractivity contribution < 1.29 is 18.7 Å². The maximum absolute atomic E-state index is 12.3. The van der Waals surface area contributed by atoms with Crippen LogP contribution in [0.15, 0.2) is 52.9 Å². The van der Waals surface area contributed by atoms with E-state index in [1.807, 2.05) is 38.1 Å². The molecule has 3 aromatic rings. The molecule has 6 heteroatoms. The number of hydrogen-bond acceptors (Lipinski definition) is 6. The molecule has 0 aliphatic heterocycles. The van der Waals surface area contributed by atoms with Gasteiger partial charge in [-0.2, -0.15) is 0 Å². The van der Waals surface area contributed by atoms with Crippen molar-refractivity contribution in [1.29, 1.82) is 0 Å². The van der Waals surface area contributed by atoms with Gasteiger partial charge in [0, 0.05) is 5.56 Å². The molecule has 6 nitrogen and oxygen atoms in total. The summed E-state index contributed by atoms with van der Waals surface area (Å²) in [6, 6.07) is 14.6. The van der Waals surface area contributed by atoms with E-state index in [0.717, 1.165) is 23.3 Å². The lowest BCUT2D eigenvalue weighted by Crippen LogP contribution is -2.09. The lowest BCUT2D eigenvalue weighted by Gasteiger charge is -2.10. The molecule has 0 aliphatic rings. The Labute approximate surface area is 158 Å². The van der Waals surface area contributed by atoms with Crippen LogP contribution in [0.3, 0.4) is 0 Å². The molecule has 0 unspecified atom stereocenters. The zero-order valence-electron chi connectivity index (χ0n) is 15.6. The topological polar surface area (TPSA) is 74.5 Å². The predicted molar refractivity (Wildman–Crippen MR) is 101 cm³/mol. The molecule has 1 heterocycles. The predicted octanol–water partition coefficient (Wildman–Crippen LogP) is 4.75. The van der Waals surface area contributed by atoms with Crippen molar-refractivity contribution in [3.05, 3.63) is 65.5 Å². The van der Waals surface area contributed by atoms with Crippen LogP contribution in [0.4, 0.5) is 0 Å². The second-order valence-corrected chi connectivity index (χ2v) is 6.23. The molecule has 0 amide bonds. The highest BCUT2D eigenvalue weighted by molar-refractivity contribution is 5.89. The number of ether oxygens (including phenoxy) is 2. The number of carbonyl (C=O) groups is 1. The maximum atomic E-state index is 12.3. The van der Waals surface area contributed by atoms with Gasteiger partial charge in [0.2, 0.25) is 5.89 Å². The number of hydrogen-bond donors (Lipinski definition) is 0. The summed E-state index contributed by atoms with van der Waals surface area (Å²) in [7, 11) is 0. The van der Waals surface area contributed by atoms with Gasteiger partial charge in [-0.1, -0.05) is 24.6 Å². The van der Waals surface area contributed by atoms with Gasteiger partial charge in [-0.25, -0.2) is 4.79 Å². The first-order valence-corrected chi connectivity index (χ1v) is 8.91. The summed E-state index contributed by atoms with van der Waals surface area (Å²) in [6.45, 7) is 6.38. The first kappa shape index (κ1) is 18.6. The Morgan fingerprint density at radius 2 is 1.78 bits per heavy atom. The van der Waals surface area contributed by atoms with Gasteiger partial charge >= 0.3 is 5.97 Å². The second-order valence-electron chi connectivity index (χ2n) is 6.23. The van der Waals surface area contributed by atoms with Gasteiger partial charge in [-0.3, -0.25) is 0 Å². The third-order valence-corrected chi connectivity index (χ3v) is 3.93. The van der Waals surface area contributed by atoms with Crippen LogP contribution in [0, 0.1) is 6.92 Å². The quantitative estimate of drug-likeness (QED) is 0.562. The molecule has 140 valence electrons. The summed E-state index contributed by atoms with van der Waals surface area (Å²) >= 11 is 0. The van der Waals surface area contributed by atoms with Crippen molar-refractivity contribution in [3.63, 3.8) is 0 Å². The van der Waals surface area contributed by atoms with E-state index in [1.165, 1.54) is 0 Å². The standard InChI is InChI=1S/C21H22N2O4/c1-4-13-25-18-11-9-17(10-12-18)21(24)26-15(3)19-22-23-20(27-19)16-7-5-14(2)6-8-16/h5-12,15H,4,13H2,1-3H3/t15-/m1/s1.